The smallest absolute Gasteiger partial charge is 0.261 e. The highest BCUT2D eigenvalue weighted by Crippen LogP contribution is 2.16. The van der Waals surface area contributed by atoms with Gasteiger partial charge in [0.1, 0.15) is 18.0 Å². The van der Waals surface area contributed by atoms with Crippen LogP contribution >= 0.6 is 0 Å². The predicted octanol–water partition coefficient (Wildman–Crippen LogP) is 1.90. The Balaban J connectivity index is 1.68. The maximum atomic E-state index is 12.6. The van der Waals surface area contributed by atoms with Crippen molar-refractivity contribution in [2.75, 3.05) is 7.11 Å². The van der Waals surface area contributed by atoms with Crippen molar-refractivity contribution in [3.05, 3.63) is 65.2 Å². The first kappa shape index (κ1) is 15.0. The first-order chi connectivity index (χ1) is 12.2. The second-order valence-corrected chi connectivity index (χ2v) is 5.29. The van der Waals surface area contributed by atoms with Crippen molar-refractivity contribution in [1.82, 2.24) is 24.7 Å². The predicted molar refractivity (Wildman–Crippen MR) is 89.2 cm³/mol. The van der Waals surface area contributed by atoms with Crippen molar-refractivity contribution in [2.24, 2.45) is 0 Å². The molecule has 0 spiro atoms. The van der Waals surface area contributed by atoms with E-state index < -0.39 is 0 Å². The summed E-state index contributed by atoms with van der Waals surface area (Å²) < 4.78 is 11.8. The Morgan fingerprint density at radius 1 is 1.20 bits per heavy atom. The molecule has 124 valence electrons. The molecule has 4 rings (SSSR count). The zero-order valence-electron chi connectivity index (χ0n) is 13.3. The summed E-state index contributed by atoms with van der Waals surface area (Å²) in [6, 6.07) is 10.6. The van der Waals surface area contributed by atoms with Gasteiger partial charge in [-0.1, -0.05) is 11.2 Å². The molecule has 0 fully saturated rings. The number of fused-ring (bicyclic) bond motifs is 1. The number of nitrogens with zero attached hydrogens (tertiary/aromatic N) is 5. The number of pyridine rings is 1. The van der Waals surface area contributed by atoms with Gasteiger partial charge in [-0.25, -0.2) is 4.98 Å². The fraction of sp³-hybridized carbons (Fsp3) is 0.118. The summed E-state index contributed by atoms with van der Waals surface area (Å²) in [7, 11) is 1.55. The largest absolute Gasteiger partial charge is 0.497 e. The average Bonchev–Trinajstić information content (AvgIpc) is 3.13. The van der Waals surface area contributed by atoms with E-state index in [1.165, 1.54) is 10.9 Å². The Labute approximate surface area is 141 Å². The summed E-state index contributed by atoms with van der Waals surface area (Å²) in [6.45, 7) is 0.124. The monoisotopic (exact) mass is 335 g/mol. The first-order valence-corrected chi connectivity index (χ1v) is 7.52. The summed E-state index contributed by atoms with van der Waals surface area (Å²) in [5, 5.41) is 4.36. The lowest BCUT2D eigenvalue weighted by Crippen LogP contribution is -2.21. The van der Waals surface area contributed by atoms with Crippen molar-refractivity contribution < 1.29 is 9.26 Å². The lowest BCUT2D eigenvalue weighted by Gasteiger charge is -2.05. The van der Waals surface area contributed by atoms with Gasteiger partial charge in [0.05, 0.1) is 24.3 Å². The van der Waals surface area contributed by atoms with Gasteiger partial charge in [-0.05, 0) is 30.3 Å². The number of aromatic nitrogens is 5. The average molecular weight is 335 g/mol. The molecule has 0 atom stereocenters. The molecule has 0 N–H and O–H groups in total. The van der Waals surface area contributed by atoms with Crippen LogP contribution in [0.3, 0.4) is 0 Å². The number of ether oxygens (including phenoxy) is 1. The van der Waals surface area contributed by atoms with Crippen molar-refractivity contribution in [1.29, 1.82) is 0 Å². The molecule has 0 bridgehead atoms. The van der Waals surface area contributed by atoms with E-state index >= 15 is 0 Å². The molecule has 8 heteroatoms. The van der Waals surface area contributed by atoms with Crippen LogP contribution in [0.5, 0.6) is 5.75 Å². The van der Waals surface area contributed by atoms with E-state index in [9.17, 15) is 4.79 Å². The molecule has 1 aromatic carbocycles. The summed E-state index contributed by atoms with van der Waals surface area (Å²) in [5.74, 6) is 1.27. The summed E-state index contributed by atoms with van der Waals surface area (Å²) in [5.41, 5.74) is 0.995. The molecular formula is C17H13N5O3. The van der Waals surface area contributed by atoms with Gasteiger partial charge in [0.2, 0.25) is 11.7 Å². The molecule has 25 heavy (non-hydrogen) atoms. The Hall–Kier alpha value is -3.55. The second kappa shape index (κ2) is 6.16. The quantitative estimate of drug-likeness (QED) is 0.562. The highest BCUT2D eigenvalue weighted by atomic mass is 16.5. The van der Waals surface area contributed by atoms with Gasteiger partial charge in [0, 0.05) is 6.20 Å². The highest BCUT2D eigenvalue weighted by molar-refractivity contribution is 5.78. The van der Waals surface area contributed by atoms with Crippen LogP contribution in [0.25, 0.3) is 22.4 Å². The number of rotatable bonds is 4. The van der Waals surface area contributed by atoms with Gasteiger partial charge in [-0.15, -0.1) is 0 Å². The van der Waals surface area contributed by atoms with Gasteiger partial charge >= 0.3 is 0 Å². The second-order valence-electron chi connectivity index (χ2n) is 5.29. The van der Waals surface area contributed by atoms with Crippen LogP contribution in [-0.2, 0) is 6.54 Å². The third kappa shape index (κ3) is 2.85. The minimum atomic E-state index is -0.207. The van der Waals surface area contributed by atoms with Gasteiger partial charge < -0.3 is 9.26 Å². The van der Waals surface area contributed by atoms with Crippen molar-refractivity contribution >= 4 is 10.9 Å². The Morgan fingerprint density at radius 2 is 2.12 bits per heavy atom. The van der Waals surface area contributed by atoms with Crippen LogP contribution in [0.1, 0.15) is 5.89 Å². The molecule has 0 amide bonds. The zero-order chi connectivity index (χ0) is 17.2. The van der Waals surface area contributed by atoms with E-state index in [4.69, 9.17) is 9.26 Å². The lowest BCUT2D eigenvalue weighted by atomic mass is 10.2. The molecule has 0 saturated carbocycles. The van der Waals surface area contributed by atoms with E-state index in [-0.39, 0.29) is 12.1 Å². The van der Waals surface area contributed by atoms with E-state index in [1.807, 2.05) is 6.07 Å². The van der Waals surface area contributed by atoms with Crippen molar-refractivity contribution in [3.63, 3.8) is 0 Å². The molecule has 0 aliphatic rings. The molecule has 4 aromatic rings. The zero-order valence-corrected chi connectivity index (χ0v) is 13.3. The van der Waals surface area contributed by atoms with Crippen molar-refractivity contribution in [3.8, 4) is 17.3 Å². The maximum Gasteiger partial charge on any atom is 0.261 e. The summed E-state index contributed by atoms with van der Waals surface area (Å²) in [6.07, 6.45) is 3.11. The summed E-state index contributed by atoms with van der Waals surface area (Å²) >= 11 is 0. The minimum Gasteiger partial charge on any atom is -0.497 e. The molecule has 3 heterocycles. The van der Waals surface area contributed by atoms with E-state index in [0.29, 0.717) is 34.1 Å². The van der Waals surface area contributed by atoms with Gasteiger partial charge in [-0.2, -0.15) is 4.98 Å². The van der Waals surface area contributed by atoms with E-state index in [2.05, 4.69) is 20.1 Å². The number of benzene rings is 1. The molecule has 3 aromatic heterocycles. The Kier molecular flexibility index (Phi) is 3.70. The standard InChI is InChI=1S/C17H13N5O3/c1-24-11-5-6-13-12(8-11)17(23)22(10-19-13)9-15-20-16(21-25-15)14-4-2-3-7-18-14/h2-8,10H,9H2,1H3. The lowest BCUT2D eigenvalue weighted by molar-refractivity contribution is 0.369. The first-order valence-electron chi connectivity index (χ1n) is 7.52. The third-order valence-corrected chi connectivity index (χ3v) is 3.70. The number of hydrogen-bond donors (Lipinski definition) is 0. The van der Waals surface area contributed by atoms with Crippen molar-refractivity contribution in [2.45, 2.75) is 6.54 Å². The Bertz CT molecular complexity index is 1090. The number of methoxy groups -OCH3 is 1. The van der Waals surface area contributed by atoms with Crippen LogP contribution in [0, 0.1) is 0 Å². The number of hydrogen-bond acceptors (Lipinski definition) is 7. The van der Waals surface area contributed by atoms with Crippen LogP contribution < -0.4 is 10.3 Å². The van der Waals surface area contributed by atoms with Crippen LogP contribution in [0.4, 0.5) is 0 Å². The normalized spacial score (nSPS) is 10.9. The molecule has 8 nitrogen and oxygen atoms in total. The summed E-state index contributed by atoms with van der Waals surface area (Å²) in [4.78, 5) is 25.4. The van der Waals surface area contributed by atoms with Crippen LogP contribution in [0.2, 0.25) is 0 Å². The molecule has 0 radical (unpaired) electrons. The molecule has 0 unspecified atom stereocenters. The fourth-order valence-electron chi connectivity index (χ4n) is 2.44. The molecule has 0 aliphatic heterocycles. The van der Waals surface area contributed by atoms with E-state index in [0.717, 1.165) is 0 Å². The van der Waals surface area contributed by atoms with Gasteiger partial charge in [0.25, 0.3) is 5.56 Å². The molecule has 0 saturated heterocycles. The van der Waals surface area contributed by atoms with Gasteiger partial charge in [-0.3, -0.25) is 14.3 Å². The third-order valence-electron chi connectivity index (χ3n) is 3.70. The fourth-order valence-corrected chi connectivity index (χ4v) is 2.44. The SMILES string of the molecule is COc1ccc2ncn(Cc3nc(-c4ccccn4)no3)c(=O)c2c1. The molecular weight excluding hydrogens is 322 g/mol. The van der Waals surface area contributed by atoms with E-state index in [1.54, 1.807) is 43.6 Å². The maximum absolute atomic E-state index is 12.6. The van der Waals surface area contributed by atoms with Crippen LogP contribution in [0.15, 0.2) is 58.2 Å². The topological polar surface area (TPSA) is 95.9 Å². The Morgan fingerprint density at radius 3 is 2.92 bits per heavy atom. The minimum absolute atomic E-state index is 0.124. The van der Waals surface area contributed by atoms with Crippen LogP contribution in [-0.4, -0.2) is 31.8 Å². The van der Waals surface area contributed by atoms with Gasteiger partial charge in [0.15, 0.2) is 0 Å². The highest BCUT2D eigenvalue weighted by Gasteiger charge is 2.12. The molecule has 0 aliphatic carbocycles.